The molecular weight excluding hydrogens is 198 g/mol. The van der Waals surface area contributed by atoms with E-state index in [2.05, 4.69) is 48.8 Å². The van der Waals surface area contributed by atoms with Gasteiger partial charge in [-0.15, -0.1) is 0 Å². The molecule has 0 amide bonds. The highest BCUT2D eigenvalue weighted by Crippen LogP contribution is 2.26. The van der Waals surface area contributed by atoms with Crippen molar-refractivity contribution in [3.05, 3.63) is 18.2 Å². The van der Waals surface area contributed by atoms with Crippen molar-refractivity contribution in [1.82, 2.24) is 14.9 Å². The zero-order valence-corrected chi connectivity index (χ0v) is 11.2. The van der Waals surface area contributed by atoms with Crippen molar-refractivity contribution in [2.75, 3.05) is 7.05 Å². The number of imidazole rings is 1. The van der Waals surface area contributed by atoms with Gasteiger partial charge in [0.15, 0.2) is 0 Å². The largest absolute Gasteiger partial charge is 0.335 e. The van der Waals surface area contributed by atoms with Gasteiger partial charge in [-0.25, -0.2) is 4.98 Å². The van der Waals surface area contributed by atoms with E-state index in [0.29, 0.717) is 11.5 Å². The number of hydrogen-bond donors (Lipinski definition) is 1. The second kappa shape index (κ2) is 5.48. The number of aryl methyl sites for hydroxylation is 1. The fraction of sp³-hybridized carbons (Fsp3) is 0.769. The smallest absolute Gasteiger partial charge is 0.110 e. The molecule has 16 heavy (non-hydrogen) atoms. The van der Waals surface area contributed by atoms with Gasteiger partial charge in [0.2, 0.25) is 0 Å². The molecule has 1 aromatic heterocycles. The maximum absolute atomic E-state index is 4.45. The monoisotopic (exact) mass is 223 g/mol. The van der Waals surface area contributed by atoms with Gasteiger partial charge in [0, 0.05) is 31.4 Å². The van der Waals surface area contributed by atoms with Crippen LogP contribution in [0.15, 0.2) is 12.4 Å². The molecular formula is C13H25N3. The van der Waals surface area contributed by atoms with E-state index in [-0.39, 0.29) is 0 Å². The average molecular weight is 223 g/mol. The average Bonchev–Trinajstić information content (AvgIpc) is 2.72. The third-order valence-electron chi connectivity index (χ3n) is 3.73. The lowest BCUT2D eigenvalue weighted by Crippen LogP contribution is -2.41. The molecule has 1 rings (SSSR count). The van der Waals surface area contributed by atoms with Crippen molar-refractivity contribution < 1.29 is 0 Å². The summed E-state index contributed by atoms with van der Waals surface area (Å²) >= 11 is 0. The van der Waals surface area contributed by atoms with Crippen LogP contribution in [0, 0.1) is 5.41 Å². The maximum atomic E-state index is 4.45. The predicted molar refractivity (Wildman–Crippen MR) is 68.5 cm³/mol. The number of rotatable bonds is 6. The van der Waals surface area contributed by atoms with Crippen molar-refractivity contribution in [2.24, 2.45) is 5.41 Å². The Morgan fingerprint density at radius 1 is 1.44 bits per heavy atom. The summed E-state index contributed by atoms with van der Waals surface area (Å²) in [6.07, 6.45) is 6.12. The van der Waals surface area contributed by atoms with Gasteiger partial charge in [-0.3, -0.25) is 0 Å². The summed E-state index contributed by atoms with van der Waals surface area (Å²) in [6, 6.07) is 0.477. The fourth-order valence-electron chi connectivity index (χ4n) is 2.02. The quantitative estimate of drug-likeness (QED) is 0.803. The number of aromatic nitrogens is 2. The summed E-state index contributed by atoms with van der Waals surface area (Å²) in [5, 5.41) is 3.43. The first-order chi connectivity index (χ1) is 7.55. The molecule has 0 bridgehead atoms. The van der Waals surface area contributed by atoms with Crippen LogP contribution in [0.3, 0.4) is 0 Å². The summed E-state index contributed by atoms with van der Waals surface area (Å²) in [5.74, 6) is 1.18. The van der Waals surface area contributed by atoms with Gasteiger partial charge >= 0.3 is 0 Å². The van der Waals surface area contributed by atoms with E-state index in [0.717, 1.165) is 13.0 Å². The second-order valence-corrected chi connectivity index (χ2v) is 5.02. The van der Waals surface area contributed by atoms with Crippen molar-refractivity contribution in [2.45, 2.75) is 53.1 Å². The fourth-order valence-corrected chi connectivity index (χ4v) is 2.02. The molecule has 1 N–H and O–H groups in total. The van der Waals surface area contributed by atoms with E-state index in [1.54, 1.807) is 0 Å². The molecule has 0 saturated heterocycles. The Hall–Kier alpha value is -0.830. The van der Waals surface area contributed by atoms with Crippen LogP contribution >= 0.6 is 0 Å². The predicted octanol–water partition coefficient (Wildman–Crippen LogP) is 2.47. The van der Waals surface area contributed by atoms with Crippen LogP contribution in [0.1, 0.15) is 39.9 Å². The molecule has 1 heterocycles. The molecule has 1 unspecified atom stereocenters. The first-order valence-corrected chi connectivity index (χ1v) is 6.22. The van der Waals surface area contributed by atoms with Gasteiger partial charge in [0.05, 0.1) is 0 Å². The van der Waals surface area contributed by atoms with Gasteiger partial charge in [-0.05, 0) is 25.8 Å². The number of nitrogens with zero attached hydrogens (tertiary/aromatic N) is 2. The van der Waals surface area contributed by atoms with Crippen LogP contribution in [0.4, 0.5) is 0 Å². The minimum atomic E-state index is 0.305. The van der Waals surface area contributed by atoms with Crippen molar-refractivity contribution in [3.8, 4) is 0 Å². The van der Waals surface area contributed by atoms with Gasteiger partial charge in [0.1, 0.15) is 5.82 Å². The number of hydrogen-bond acceptors (Lipinski definition) is 2. The van der Waals surface area contributed by atoms with E-state index in [9.17, 15) is 0 Å². The van der Waals surface area contributed by atoms with E-state index >= 15 is 0 Å². The Labute approximate surface area is 99.3 Å². The van der Waals surface area contributed by atoms with Gasteiger partial charge in [-0.1, -0.05) is 20.8 Å². The highest BCUT2D eigenvalue weighted by molar-refractivity contribution is 4.98. The van der Waals surface area contributed by atoms with Crippen LogP contribution in [-0.4, -0.2) is 22.6 Å². The molecule has 1 atom stereocenters. The summed E-state index contributed by atoms with van der Waals surface area (Å²) in [5.41, 5.74) is 0.305. The zero-order chi connectivity index (χ0) is 12.2. The van der Waals surface area contributed by atoms with Crippen LogP contribution in [-0.2, 0) is 13.0 Å². The molecule has 3 nitrogen and oxygen atoms in total. The first kappa shape index (κ1) is 13.2. The highest BCUT2D eigenvalue weighted by Gasteiger charge is 2.27. The van der Waals surface area contributed by atoms with Crippen LogP contribution in [0.2, 0.25) is 0 Å². The molecule has 0 fully saturated rings. The standard InChI is InChI=1S/C13H25N3/c1-6-13(3,4)11(14-5)10-12-15-8-9-16(12)7-2/h8-9,11,14H,6-7,10H2,1-5H3. The summed E-state index contributed by atoms with van der Waals surface area (Å²) in [4.78, 5) is 4.45. The minimum Gasteiger partial charge on any atom is -0.335 e. The van der Waals surface area contributed by atoms with E-state index < -0.39 is 0 Å². The molecule has 1 aromatic rings. The molecule has 0 aliphatic heterocycles. The number of nitrogens with one attached hydrogen (secondary N) is 1. The second-order valence-electron chi connectivity index (χ2n) is 5.02. The van der Waals surface area contributed by atoms with Gasteiger partial charge in [0.25, 0.3) is 0 Å². The lowest BCUT2D eigenvalue weighted by Gasteiger charge is -2.33. The molecule has 0 aliphatic carbocycles. The minimum absolute atomic E-state index is 0.305. The number of likely N-dealkylation sites (N-methyl/N-ethyl adjacent to an activating group) is 1. The Kier molecular flexibility index (Phi) is 4.54. The summed E-state index contributed by atoms with van der Waals surface area (Å²) < 4.78 is 2.22. The molecule has 0 spiro atoms. The normalized spacial score (nSPS) is 14.1. The molecule has 3 heteroatoms. The van der Waals surface area contributed by atoms with E-state index in [4.69, 9.17) is 0 Å². The summed E-state index contributed by atoms with van der Waals surface area (Å²) in [6.45, 7) is 10.0. The summed E-state index contributed by atoms with van der Waals surface area (Å²) in [7, 11) is 2.04. The van der Waals surface area contributed by atoms with Crippen molar-refractivity contribution in [1.29, 1.82) is 0 Å². The molecule has 0 aliphatic rings. The third kappa shape index (κ3) is 2.85. The lowest BCUT2D eigenvalue weighted by atomic mass is 9.80. The highest BCUT2D eigenvalue weighted by atomic mass is 15.1. The zero-order valence-electron chi connectivity index (χ0n) is 11.2. The topological polar surface area (TPSA) is 29.9 Å². The van der Waals surface area contributed by atoms with Crippen molar-refractivity contribution >= 4 is 0 Å². The molecule has 92 valence electrons. The Morgan fingerprint density at radius 3 is 2.62 bits per heavy atom. The maximum Gasteiger partial charge on any atom is 0.110 e. The molecule has 0 saturated carbocycles. The van der Waals surface area contributed by atoms with E-state index in [1.807, 2.05) is 13.2 Å². The van der Waals surface area contributed by atoms with Gasteiger partial charge in [-0.2, -0.15) is 0 Å². The molecule has 0 aromatic carbocycles. The first-order valence-electron chi connectivity index (χ1n) is 6.22. The Balaban J connectivity index is 2.78. The third-order valence-corrected chi connectivity index (χ3v) is 3.73. The lowest BCUT2D eigenvalue weighted by molar-refractivity contribution is 0.236. The van der Waals surface area contributed by atoms with Crippen LogP contribution in [0.5, 0.6) is 0 Å². The van der Waals surface area contributed by atoms with Gasteiger partial charge < -0.3 is 9.88 Å². The van der Waals surface area contributed by atoms with E-state index in [1.165, 1.54) is 12.2 Å². The van der Waals surface area contributed by atoms with Crippen LogP contribution in [0.25, 0.3) is 0 Å². The SMILES string of the molecule is CCn1ccnc1CC(NC)C(C)(C)CC. The Bertz CT molecular complexity index is 315. The molecule has 0 radical (unpaired) electrons. The van der Waals surface area contributed by atoms with Crippen molar-refractivity contribution in [3.63, 3.8) is 0 Å². The Morgan fingerprint density at radius 2 is 2.12 bits per heavy atom. The van der Waals surface area contributed by atoms with Crippen LogP contribution < -0.4 is 5.32 Å².